The van der Waals surface area contributed by atoms with E-state index in [9.17, 15) is 4.39 Å². The van der Waals surface area contributed by atoms with Gasteiger partial charge in [-0.1, -0.05) is 12.1 Å². The van der Waals surface area contributed by atoms with Crippen LogP contribution >= 0.6 is 0 Å². The summed E-state index contributed by atoms with van der Waals surface area (Å²) in [5.41, 5.74) is 1.19. The van der Waals surface area contributed by atoms with Gasteiger partial charge < -0.3 is 4.74 Å². The van der Waals surface area contributed by atoms with Crippen molar-refractivity contribution in [3.05, 3.63) is 54.1 Å². The Bertz CT molecular complexity index is 743. The van der Waals surface area contributed by atoms with E-state index in [1.807, 2.05) is 24.4 Å². The highest BCUT2D eigenvalue weighted by molar-refractivity contribution is 5.16. The summed E-state index contributed by atoms with van der Waals surface area (Å²) in [6.07, 6.45) is 9.16. The molecule has 1 saturated heterocycles. The Morgan fingerprint density at radius 1 is 1.07 bits per heavy atom. The monoisotopic (exact) mass is 369 g/mol. The molecule has 5 heteroatoms. The molecule has 0 unspecified atom stereocenters. The van der Waals surface area contributed by atoms with Crippen LogP contribution in [0.25, 0.3) is 0 Å². The lowest BCUT2D eigenvalue weighted by Gasteiger charge is -2.38. The molecule has 27 heavy (non-hydrogen) atoms. The number of hydrogen-bond donors (Lipinski definition) is 0. The molecule has 1 aliphatic heterocycles. The fourth-order valence-corrected chi connectivity index (χ4v) is 4.94. The number of rotatable bonds is 6. The zero-order valence-corrected chi connectivity index (χ0v) is 15.7. The molecule has 3 aliphatic rings. The zero-order chi connectivity index (χ0) is 18.2. The molecule has 2 aromatic rings. The maximum atomic E-state index is 13.2. The van der Waals surface area contributed by atoms with Crippen molar-refractivity contribution in [2.75, 3.05) is 19.7 Å². The number of likely N-dealkylation sites (tertiary alicyclic amines) is 1. The van der Waals surface area contributed by atoms with Crippen molar-refractivity contribution in [2.45, 2.75) is 44.4 Å². The molecule has 0 N–H and O–H groups in total. The Kier molecular flexibility index (Phi) is 4.74. The molecule has 144 valence electrons. The molecule has 2 saturated carbocycles. The molecular formula is C22H28FN3O. The van der Waals surface area contributed by atoms with Gasteiger partial charge in [-0.3, -0.25) is 9.58 Å². The highest BCUT2D eigenvalue weighted by Crippen LogP contribution is 2.43. The maximum Gasteiger partial charge on any atom is 0.123 e. The van der Waals surface area contributed by atoms with Gasteiger partial charge in [-0.15, -0.1) is 0 Å². The number of fused-ring (bicyclic) bond motifs is 1. The summed E-state index contributed by atoms with van der Waals surface area (Å²) in [7, 11) is 0. The van der Waals surface area contributed by atoms with E-state index in [2.05, 4.69) is 20.9 Å². The van der Waals surface area contributed by atoms with Crippen LogP contribution in [-0.4, -0.2) is 40.5 Å². The lowest BCUT2D eigenvalue weighted by molar-refractivity contribution is -0.0371. The third kappa shape index (κ3) is 3.94. The van der Waals surface area contributed by atoms with Crippen LogP contribution in [0, 0.1) is 23.6 Å². The standard InChI is InChI=1S/C22H28FN3O/c23-20-6-4-16(5-7-20)12-25-13-18-10-21(26-9-1-8-24-26)22(11-19(18)14-25)27-15-17-2-3-17/h1,4-9,17-19,21-22H,2-3,10-15H2/t18-,19+,21-,22-/m0/s1. The fraction of sp³-hybridized carbons (Fsp3) is 0.591. The predicted molar refractivity (Wildman–Crippen MR) is 102 cm³/mol. The van der Waals surface area contributed by atoms with Crippen molar-refractivity contribution in [2.24, 2.45) is 17.8 Å². The van der Waals surface area contributed by atoms with Crippen molar-refractivity contribution in [3.8, 4) is 0 Å². The Hall–Kier alpha value is -1.72. The molecule has 0 radical (unpaired) electrons. The second kappa shape index (κ2) is 7.36. The van der Waals surface area contributed by atoms with E-state index < -0.39 is 0 Å². The second-order valence-corrected chi connectivity index (χ2v) is 8.68. The van der Waals surface area contributed by atoms with Crippen molar-refractivity contribution in [1.82, 2.24) is 14.7 Å². The van der Waals surface area contributed by atoms with E-state index in [-0.39, 0.29) is 11.9 Å². The average molecular weight is 369 g/mol. The number of benzene rings is 1. The molecule has 0 spiro atoms. The summed E-state index contributed by atoms with van der Waals surface area (Å²) in [6, 6.07) is 9.31. The number of aromatic nitrogens is 2. The number of nitrogens with zero attached hydrogens (tertiary/aromatic N) is 3. The molecule has 2 heterocycles. The van der Waals surface area contributed by atoms with Crippen LogP contribution in [0.15, 0.2) is 42.7 Å². The van der Waals surface area contributed by atoms with Crippen LogP contribution in [0.1, 0.15) is 37.3 Å². The van der Waals surface area contributed by atoms with E-state index in [4.69, 9.17) is 4.74 Å². The Morgan fingerprint density at radius 3 is 2.56 bits per heavy atom. The van der Waals surface area contributed by atoms with Crippen LogP contribution in [0.2, 0.25) is 0 Å². The van der Waals surface area contributed by atoms with E-state index in [0.717, 1.165) is 45.0 Å². The Labute approximate surface area is 160 Å². The number of halogens is 1. The van der Waals surface area contributed by atoms with Gasteiger partial charge in [0.15, 0.2) is 0 Å². The Balaban J connectivity index is 1.26. The number of ether oxygens (including phenoxy) is 1. The quantitative estimate of drug-likeness (QED) is 0.774. The minimum atomic E-state index is -0.161. The fourth-order valence-electron chi connectivity index (χ4n) is 4.94. The highest BCUT2D eigenvalue weighted by atomic mass is 19.1. The maximum absolute atomic E-state index is 13.2. The smallest absolute Gasteiger partial charge is 0.123 e. The van der Waals surface area contributed by atoms with E-state index in [0.29, 0.717) is 17.9 Å². The lowest BCUT2D eigenvalue weighted by Crippen LogP contribution is -2.38. The molecule has 0 amide bonds. The van der Waals surface area contributed by atoms with Crippen LogP contribution < -0.4 is 0 Å². The van der Waals surface area contributed by atoms with Crippen molar-refractivity contribution in [3.63, 3.8) is 0 Å². The van der Waals surface area contributed by atoms with Gasteiger partial charge in [-0.05, 0) is 67.2 Å². The molecule has 1 aromatic heterocycles. The predicted octanol–water partition coefficient (Wildman–Crippen LogP) is 3.90. The Morgan fingerprint density at radius 2 is 1.85 bits per heavy atom. The summed E-state index contributed by atoms with van der Waals surface area (Å²) < 4.78 is 21.7. The van der Waals surface area contributed by atoms with Crippen molar-refractivity contribution < 1.29 is 9.13 Å². The molecule has 1 aromatic carbocycles. The summed E-state index contributed by atoms with van der Waals surface area (Å²) >= 11 is 0. The van der Waals surface area contributed by atoms with E-state index >= 15 is 0 Å². The van der Waals surface area contributed by atoms with E-state index in [1.54, 1.807) is 12.1 Å². The van der Waals surface area contributed by atoms with Gasteiger partial charge in [0.25, 0.3) is 0 Å². The second-order valence-electron chi connectivity index (χ2n) is 8.68. The first-order chi connectivity index (χ1) is 13.2. The minimum absolute atomic E-state index is 0.161. The first-order valence-electron chi connectivity index (χ1n) is 10.3. The van der Waals surface area contributed by atoms with Gasteiger partial charge in [-0.25, -0.2) is 4.39 Å². The first-order valence-corrected chi connectivity index (χ1v) is 10.3. The molecule has 4 nitrogen and oxygen atoms in total. The van der Waals surface area contributed by atoms with Gasteiger partial charge in [0.1, 0.15) is 5.82 Å². The van der Waals surface area contributed by atoms with Gasteiger partial charge in [0.2, 0.25) is 0 Å². The first kappa shape index (κ1) is 17.4. The van der Waals surface area contributed by atoms with Crippen LogP contribution in [0.4, 0.5) is 4.39 Å². The number of hydrogen-bond acceptors (Lipinski definition) is 3. The lowest BCUT2D eigenvalue weighted by atomic mass is 9.77. The van der Waals surface area contributed by atoms with E-state index in [1.165, 1.54) is 18.4 Å². The van der Waals surface area contributed by atoms with Crippen LogP contribution in [0.5, 0.6) is 0 Å². The highest BCUT2D eigenvalue weighted by Gasteiger charge is 2.43. The molecule has 2 aliphatic carbocycles. The van der Waals surface area contributed by atoms with Gasteiger partial charge in [0.05, 0.1) is 12.1 Å². The van der Waals surface area contributed by atoms with Crippen molar-refractivity contribution >= 4 is 0 Å². The van der Waals surface area contributed by atoms with Gasteiger partial charge in [-0.2, -0.15) is 5.10 Å². The molecule has 4 atom stereocenters. The molecule has 5 rings (SSSR count). The topological polar surface area (TPSA) is 30.3 Å². The van der Waals surface area contributed by atoms with Gasteiger partial charge >= 0.3 is 0 Å². The minimum Gasteiger partial charge on any atom is -0.376 e. The third-order valence-electron chi connectivity index (χ3n) is 6.59. The summed E-state index contributed by atoms with van der Waals surface area (Å²) in [5, 5.41) is 4.53. The SMILES string of the molecule is Fc1ccc(CN2C[C@H]3C[C@H](OCC4CC4)[C@@H](n4cccn4)C[C@H]3C2)cc1. The van der Waals surface area contributed by atoms with Crippen molar-refractivity contribution in [1.29, 1.82) is 0 Å². The summed E-state index contributed by atoms with van der Waals surface area (Å²) in [4.78, 5) is 2.53. The third-order valence-corrected chi connectivity index (χ3v) is 6.59. The zero-order valence-electron chi connectivity index (χ0n) is 15.7. The average Bonchev–Trinajstić information content (AvgIpc) is 3.18. The summed E-state index contributed by atoms with van der Waals surface area (Å²) in [5.74, 6) is 2.02. The molecular weight excluding hydrogens is 341 g/mol. The van der Waals surface area contributed by atoms with Crippen LogP contribution in [0.3, 0.4) is 0 Å². The largest absolute Gasteiger partial charge is 0.376 e. The molecule has 3 fully saturated rings. The molecule has 0 bridgehead atoms. The van der Waals surface area contributed by atoms with Gasteiger partial charge in [0, 0.05) is 38.6 Å². The van der Waals surface area contributed by atoms with Crippen LogP contribution in [-0.2, 0) is 11.3 Å². The normalized spacial score (nSPS) is 31.1. The summed E-state index contributed by atoms with van der Waals surface area (Å²) in [6.45, 7) is 4.07.